The van der Waals surface area contributed by atoms with Gasteiger partial charge < -0.3 is 15.8 Å². The summed E-state index contributed by atoms with van der Waals surface area (Å²) < 4.78 is 7.66. The van der Waals surface area contributed by atoms with Gasteiger partial charge >= 0.3 is 0 Å². The quantitative estimate of drug-likeness (QED) is 0.887. The van der Waals surface area contributed by atoms with E-state index in [4.69, 9.17) is 10.5 Å². The first kappa shape index (κ1) is 16.2. The van der Waals surface area contributed by atoms with Gasteiger partial charge in [-0.1, -0.05) is 13.8 Å². The van der Waals surface area contributed by atoms with Gasteiger partial charge in [0.15, 0.2) is 0 Å². The lowest BCUT2D eigenvalue weighted by Crippen LogP contribution is -2.81. The molecule has 2 aliphatic rings. The number of hydrogen-bond donors (Lipinski definition) is 2. The number of amides is 1. The molecular weight excluding hydrogens is 318 g/mol. The summed E-state index contributed by atoms with van der Waals surface area (Å²) in [4.78, 5) is 21.3. The number of nitrogens with zero attached hydrogens (tertiary/aromatic N) is 3. The van der Waals surface area contributed by atoms with Crippen molar-refractivity contribution in [3.8, 4) is 5.82 Å². The van der Waals surface area contributed by atoms with Crippen LogP contribution in [0, 0.1) is 11.3 Å². The second-order valence-electron chi connectivity index (χ2n) is 7.46. The van der Waals surface area contributed by atoms with Crippen molar-refractivity contribution in [1.29, 1.82) is 0 Å². The van der Waals surface area contributed by atoms with Gasteiger partial charge in [0.2, 0.25) is 5.91 Å². The molecule has 2 fully saturated rings. The van der Waals surface area contributed by atoms with Gasteiger partial charge in [0, 0.05) is 30.3 Å². The molecule has 4 rings (SSSR count). The van der Waals surface area contributed by atoms with Crippen molar-refractivity contribution in [2.24, 2.45) is 17.1 Å². The van der Waals surface area contributed by atoms with Gasteiger partial charge in [-0.3, -0.25) is 9.36 Å². The zero-order valence-electron chi connectivity index (χ0n) is 14.5. The molecule has 1 aliphatic carbocycles. The molecule has 0 radical (unpaired) electrons. The lowest BCUT2D eigenvalue weighted by atomic mass is 9.46. The molecule has 0 spiro atoms. The minimum Gasteiger partial charge on any atom is -0.377 e. The largest absolute Gasteiger partial charge is 0.377 e. The van der Waals surface area contributed by atoms with Crippen LogP contribution < -0.4 is 11.1 Å². The summed E-state index contributed by atoms with van der Waals surface area (Å²) in [5.41, 5.74) is 5.92. The monoisotopic (exact) mass is 341 g/mol. The van der Waals surface area contributed by atoms with Crippen LogP contribution in [0.2, 0.25) is 0 Å². The molecule has 3 heterocycles. The molecule has 3 N–H and O–H groups in total. The average Bonchev–Trinajstić information content (AvgIpc) is 3.16. The van der Waals surface area contributed by atoms with Gasteiger partial charge in [-0.15, -0.1) is 0 Å². The Labute approximate surface area is 146 Å². The van der Waals surface area contributed by atoms with Crippen molar-refractivity contribution in [3.05, 3.63) is 37.1 Å². The number of anilines is 1. The van der Waals surface area contributed by atoms with E-state index in [9.17, 15) is 4.79 Å². The summed E-state index contributed by atoms with van der Waals surface area (Å²) in [6.07, 6.45) is 8.75. The Morgan fingerprint density at radius 1 is 1.44 bits per heavy atom. The first-order valence-electron chi connectivity index (χ1n) is 8.61. The number of carbonyl (C=O) groups excluding carboxylic acids is 1. The molecule has 1 aliphatic heterocycles. The highest BCUT2D eigenvalue weighted by molar-refractivity contribution is 6.00. The van der Waals surface area contributed by atoms with Crippen LogP contribution in [-0.2, 0) is 9.53 Å². The van der Waals surface area contributed by atoms with Gasteiger partial charge in [0.25, 0.3) is 0 Å². The first-order chi connectivity index (χ1) is 11.9. The molecule has 7 nitrogen and oxygen atoms in total. The highest BCUT2D eigenvalue weighted by Crippen LogP contribution is 2.57. The predicted octanol–water partition coefficient (Wildman–Crippen LogP) is 1.74. The van der Waals surface area contributed by atoms with Crippen molar-refractivity contribution in [2.75, 3.05) is 11.9 Å². The van der Waals surface area contributed by atoms with E-state index < -0.39 is 11.0 Å². The van der Waals surface area contributed by atoms with E-state index in [-0.39, 0.29) is 17.9 Å². The third-order valence-electron chi connectivity index (χ3n) is 5.84. The van der Waals surface area contributed by atoms with Crippen molar-refractivity contribution >= 4 is 11.6 Å². The Hall–Kier alpha value is -2.25. The molecule has 1 saturated carbocycles. The van der Waals surface area contributed by atoms with E-state index in [1.165, 1.54) is 0 Å². The zero-order valence-corrected chi connectivity index (χ0v) is 14.5. The van der Waals surface area contributed by atoms with Crippen molar-refractivity contribution < 1.29 is 9.53 Å². The minimum atomic E-state index is -0.929. The highest BCUT2D eigenvalue weighted by atomic mass is 16.5. The Morgan fingerprint density at radius 3 is 2.96 bits per heavy atom. The predicted molar refractivity (Wildman–Crippen MR) is 93.2 cm³/mol. The molecule has 7 heteroatoms. The summed E-state index contributed by atoms with van der Waals surface area (Å²) >= 11 is 0. The van der Waals surface area contributed by atoms with E-state index >= 15 is 0 Å². The van der Waals surface area contributed by atoms with E-state index in [0.717, 1.165) is 25.3 Å². The van der Waals surface area contributed by atoms with Crippen LogP contribution in [-0.4, -0.2) is 38.7 Å². The van der Waals surface area contributed by atoms with E-state index in [1.54, 1.807) is 23.3 Å². The number of carbonyl (C=O) groups is 1. The van der Waals surface area contributed by atoms with Crippen molar-refractivity contribution in [3.63, 3.8) is 0 Å². The minimum absolute atomic E-state index is 0.0544. The van der Waals surface area contributed by atoms with Crippen molar-refractivity contribution in [2.45, 2.75) is 38.3 Å². The summed E-state index contributed by atoms with van der Waals surface area (Å²) in [7, 11) is 0. The number of imidazole rings is 1. The first-order valence-corrected chi connectivity index (χ1v) is 8.61. The fourth-order valence-electron chi connectivity index (χ4n) is 4.28. The van der Waals surface area contributed by atoms with Gasteiger partial charge in [-0.2, -0.15) is 0 Å². The van der Waals surface area contributed by atoms with Gasteiger partial charge in [0.05, 0.1) is 18.0 Å². The van der Waals surface area contributed by atoms with Crippen LogP contribution in [0.15, 0.2) is 37.1 Å². The summed E-state index contributed by atoms with van der Waals surface area (Å²) in [6.45, 7) is 4.78. The Balaban J connectivity index is 1.52. The van der Waals surface area contributed by atoms with Crippen LogP contribution >= 0.6 is 0 Å². The molecule has 3 unspecified atom stereocenters. The highest BCUT2D eigenvalue weighted by Gasteiger charge is 2.70. The Morgan fingerprint density at radius 2 is 2.28 bits per heavy atom. The van der Waals surface area contributed by atoms with E-state index in [0.29, 0.717) is 5.69 Å². The van der Waals surface area contributed by atoms with Crippen molar-refractivity contribution in [1.82, 2.24) is 14.5 Å². The van der Waals surface area contributed by atoms with Gasteiger partial charge in [-0.25, -0.2) is 9.97 Å². The Kier molecular flexibility index (Phi) is 3.66. The average molecular weight is 341 g/mol. The smallest absolute Gasteiger partial charge is 0.245 e. The molecule has 2 aromatic rings. The number of aromatic nitrogens is 3. The van der Waals surface area contributed by atoms with Crippen LogP contribution in [0.3, 0.4) is 0 Å². The van der Waals surface area contributed by atoms with Gasteiger partial charge in [0.1, 0.15) is 17.7 Å². The SMILES string of the molecule is CC1(C)C2OCCCC2C1(N)C(=O)Nc1ccc(-n2ccnc2)nc1. The molecule has 132 valence electrons. The second-order valence-corrected chi connectivity index (χ2v) is 7.46. The molecular formula is C18H23N5O2. The summed E-state index contributed by atoms with van der Waals surface area (Å²) in [5.74, 6) is 0.638. The third-order valence-corrected chi connectivity index (χ3v) is 5.84. The van der Waals surface area contributed by atoms with Crippen LogP contribution in [0.25, 0.3) is 5.82 Å². The van der Waals surface area contributed by atoms with Crippen LogP contribution in [0.1, 0.15) is 26.7 Å². The normalized spacial score (nSPS) is 30.2. The fourth-order valence-corrected chi connectivity index (χ4v) is 4.28. The molecule has 25 heavy (non-hydrogen) atoms. The molecule has 3 atom stereocenters. The molecule has 2 aromatic heterocycles. The van der Waals surface area contributed by atoms with Crippen LogP contribution in [0.4, 0.5) is 5.69 Å². The maximum Gasteiger partial charge on any atom is 0.245 e. The lowest BCUT2D eigenvalue weighted by molar-refractivity contribution is -0.222. The number of nitrogens with one attached hydrogen (secondary N) is 1. The summed E-state index contributed by atoms with van der Waals surface area (Å²) in [6, 6.07) is 3.66. The number of fused-ring (bicyclic) bond motifs is 1. The molecule has 1 amide bonds. The number of ether oxygens (including phenoxy) is 1. The molecule has 0 aromatic carbocycles. The van der Waals surface area contributed by atoms with Gasteiger partial charge in [-0.05, 0) is 25.0 Å². The standard InChI is InChI=1S/C18H23N5O2/c1-17(2)15-13(4-3-9-25-15)18(17,19)16(24)22-12-5-6-14(21-10-12)23-8-7-20-11-23/h5-8,10-11,13,15H,3-4,9,19H2,1-2H3,(H,22,24). The summed E-state index contributed by atoms with van der Waals surface area (Å²) in [5, 5.41) is 2.94. The third kappa shape index (κ3) is 2.30. The maximum absolute atomic E-state index is 13.0. The Bertz CT molecular complexity index is 771. The maximum atomic E-state index is 13.0. The van der Waals surface area contributed by atoms with E-state index in [1.807, 2.05) is 32.2 Å². The fraction of sp³-hybridized carbons (Fsp3) is 0.500. The molecule has 1 saturated heterocycles. The zero-order chi connectivity index (χ0) is 17.7. The lowest BCUT2D eigenvalue weighted by Gasteiger charge is -2.65. The number of rotatable bonds is 3. The second kappa shape index (κ2) is 5.64. The molecule has 0 bridgehead atoms. The van der Waals surface area contributed by atoms with E-state index in [2.05, 4.69) is 15.3 Å². The topological polar surface area (TPSA) is 95.1 Å². The number of pyridine rings is 1. The van der Waals surface area contributed by atoms with Crippen LogP contribution in [0.5, 0.6) is 0 Å². The number of nitrogens with two attached hydrogens (primary N) is 1. The number of hydrogen-bond acceptors (Lipinski definition) is 5.